The van der Waals surface area contributed by atoms with E-state index in [0.717, 1.165) is 20.9 Å². The number of methoxy groups -OCH3 is 1. The predicted molar refractivity (Wildman–Crippen MR) is 69.8 cm³/mol. The number of hydrogen-bond acceptors (Lipinski definition) is 7. The van der Waals surface area contributed by atoms with E-state index in [0.29, 0.717) is 5.88 Å². The summed E-state index contributed by atoms with van der Waals surface area (Å²) in [6.07, 6.45) is 0. The molecule has 0 radical (unpaired) electrons. The molecule has 2 rings (SSSR count). The zero-order chi connectivity index (χ0) is 12.1. The molecule has 2 aromatic heterocycles. The minimum absolute atomic E-state index is 0.635. The summed E-state index contributed by atoms with van der Waals surface area (Å²) in [5.41, 5.74) is 0.968. The van der Waals surface area contributed by atoms with Gasteiger partial charge in [0.25, 0.3) is 0 Å². The van der Waals surface area contributed by atoms with Crippen LogP contribution in [0.15, 0.2) is 22.5 Å². The van der Waals surface area contributed by atoms with E-state index in [1.165, 1.54) is 11.3 Å². The maximum absolute atomic E-state index is 5.07. The highest BCUT2D eigenvalue weighted by Gasteiger charge is 2.04. The Morgan fingerprint density at radius 1 is 1.41 bits per heavy atom. The fourth-order valence-corrected chi connectivity index (χ4v) is 2.77. The summed E-state index contributed by atoms with van der Waals surface area (Å²) < 4.78 is 6.00. The molecular formula is C10H12N4OS2. The van der Waals surface area contributed by atoms with Gasteiger partial charge in [-0.25, -0.2) is 4.98 Å². The Morgan fingerprint density at radius 2 is 2.29 bits per heavy atom. The number of anilines is 1. The van der Waals surface area contributed by atoms with Crippen LogP contribution in [0.25, 0.3) is 0 Å². The molecule has 0 aliphatic rings. The highest BCUT2D eigenvalue weighted by molar-refractivity contribution is 8.00. The number of nitrogens with one attached hydrogen (secondary N) is 1. The number of aromatic nitrogens is 3. The fourth-order valence-electron chi connectivity index (χ4n) is 1.16. The van der Waals surface area contributed by atoms with Gasteiger partial charge in [0.2, 0.25) is 11.0 Å². The highest BCUT2D eigenvalue weighted by Crippen LogP contribution is 2.27. The van der Waals surface area contributed by atoms with Crippen molar-refractivity contribution in [2.24, 2.45) is 0 Å². The van der Waals surface area contributed by atoms with Gasteiger partial charge in [-0.1, -0.05) is 29.2 Å². The van der Waals surface area contributed by atoms with Crippen LogP contribution in [0.5, 0.6) is 5.88 Å². The van der Waals surface area contributed by atoms with Crippen molar-refractivity contribution < 1.29 is 4.74 Å². The van der Waals surface area contributed by atoms with E-state index >= 15 is 0 Å². The van der Waals surface area contributed by atoms with Crippen molar-refractivity contribution in [3.05, 3.63) is 23.9 Å². The molecule has 2 heterocycles. The second-order valence-electron chi connectivity index (χ2n) is 3.08. The number of rotatable bonds is 5. The molecule has 0 aromatic carbocycles. The molecule has 0 aliphatic heterocycles. The summed E-state index contributed by atoms with van der Waals surface area (Å²) >= 11 is 3.15. The molecule has 17 heavy (non-hydrogen) atoms. The van der Waals surface area contributed by atoms with E-state index in [1.807, 2.05) is 25.2 Å². The van der Waals surface area contributed by atoms with E-state index in [2.05, 4.69) is 20.5 Å². The smallest absolute Gasteiger partial charge is 0.213 e. The van der Waals surface area contributed by atoms with Crippen molar-refractivity contribution in [1.29, 1.82) is 0 Å². The summed E-state index contributed by atoms with van der Waals surface area (Å²) in [6.45, 7) is 0. The second-order valence-corrected chi connectivity index (χ2v) is 5.28. The third-order valence-corrected chi connectivity index (χ3v) is 4.06. The van der Waals surface area contributed by atoms with Gasteiger partial charge in [0.05, 0.1) is 12.8 Å². The Bertz CT molecular complexity index is 489. The van der Waals surface area contributed by atoms with Crippen LogP contribution in [0.2, 0.25) is 0 Å². The van der Waals surface area contributed by atoms with E-state index in [1.54, 1.807) is 18.9 Å². The summed E-state index contributed by atoms with van der Waals surface area (Å²) in [5, 5.41) is 11.8. The van der Waals surface area contributed by atoms with Crippen LogP contribution >= 0.6 is 23.1 Å². The number of thioether (sulfide) groups is 1. The average molecular weight is 268 g/mol. The lowest BCUT2D eigenvalue weighted by Crippen LogP contribution is -1.91. The molecule has 0 fully saturated rings. The lowest BCUT2D eigenvalue weighted by molar-refractivity contribution is 0.397. The van der Waals surface area contributed by atoms with Gasteiger partial charge < -0.3 is 10.1 Å². The monoisotopic (exact) mass is 268 g/mol. The quantitative estimate of drug-likeness (QED) is 0.839. The zero-order valence-corrected chi connectivity index (χ0v) is 11.1. The molecule has 0 saturated heterocycles. The van der Waals surface area contributed by atoms with Gasteiger partial charge in [0.1, 0.15) is 0 Å². The molecule has 2 aromatic rings. The Morgan fingerprint density at radius 3 is 3.00 bits per heavy atom. The molecule has 0 bridgehead atoms. The van der Waals surface area contributed by atoms with Crippen molar-refractivity contribution >= 4 is 28.2 Å². The first-order chi connectivity index (χ1) is 8.31. The van der Waals surface area contributed by atoms with Gasteiger partial charge >= 0.3 is 0 Å². The van der Waals surface area contributed by atoms with Gasteiger partial charge in [0.15, 0.2) is 4.34 Å². The summed E-state index contributed by atoms with van der Waals surface area (Å²) in [5.74, 6) is 1.39. The van der Waals surface area contributed by atoms with Gasteiger partial charge in [0, 0.05) is 18.9 Å². The van der Waals surface area contributed by atoms with E-state index in [-0.39, 0.29) is 0 Å². The Balaban J connectivity index is 1.96. The average Bonchev–Trinajstić information content (AvgIpc) is 2.84. The van der Waals surface area contributed by atoms with Crippen LogP contribution in [0.3, 0.4) is 0 Å². The van der Waals surface area contributed by atoms with Crippen molar-refractivity contribution in [2.75, 3.05) is 19.5 Å². The maximum Gasteiger partial charge on any atom is 0.213 e. The van der Waals surface area contributed by atoms with Gasteiger partial charge in [-0.05, 0) is 6.07 Å². The predicted octanol–water partition coefficient (Wildman–Crippen LogP) is 2.28. The third kappa shape index (κ3) is 3.31. The van der Waals surface area contributed by atoms with E-state index < -0.39 is 0 Å². The minimum atomic E-state index is 0.635. The Labute approximate surface area is 108 Å². The zero-order valence-electron chi connectivity index (χ0n) is 9.51. The number of hydrogen-bond donors (Lipinski definition) is 1. The van der Waals surface area contributed by atoms with E-state index in [4.69, 9.17) is 4.74 Å². The largest absolute Gasteiger partial charge is 0.481 e. The fraction of sp³-hybridized carbons (Fsp3) is 0.300. The normalized spacial score (nSPS) is 10.2. The van der Waals surface area contributed by atoms with Crippen LogP contribution in [-0.4, -0.2) is 29.3 Å². The standard InChI is InChI=1S/C10H12N4OS2/c1-11-9-13-14-10(17-9)16-6-7-4-3-5-8(12-7)15-2/h3-5H,6H2,1-2H3,(H,11,13). The van der Waals surface area contributed by atoms with Crippen molar-refractivity contribution in [1.82, 2.24) is 15.2 Å². The van der Waals surface area contributed by atoms with Gasteiger partial charge in [-0.15, -0.1) is 10.2 Å². The second kappa shape index (κ2) is 5.83. The molecule has 7 heteroatoms. The van der Waals surface area contributed by atoms with Crippen LogP contribution < -0.4 is 10.1 Å². The Hall–Kier alpha value is -1.34. The first kappa shape index (κ1) is 12.1. The van der Waals surface area contributed by atoms with Crippen molar-refractivity contribution in [3.63, 3.8) is 0 Å². The van der Waals surface area contributed by atoms with Crippen LogP contribution in [-0.2, 0) is 5.75 Å². The van der Waals surface area contributed by atoms with Crippen LogP contribution in [0.4, 0.5) is 5.13 Å². The SMILES string of the molecule is CNc1nnc(SCc2cccc(OC)n2)s1. The number of pyridine rings is 1. The molecule has 0 spiro atoms. The number of nitrogens with zero attached hydrogens (tertiary/aromatic N) is 3. The van der Waals surface area contributed by atoms with Crippen LogP contribution in [0.1, 0.15) is 5.69 Å². The molecule has 1 N–H and O–H groups in total. The highest BCUT2D eigenvalue weighted by atomic mass is 32.2. The molecule has 0 unspecified atom stereocenters. The minimum Gasteiger partial charge on any atom is -0.481 e. The van der Waals surface area contributed by atoms with Crippen molar-refractivity contribution in [2.45, 2.75) is 10.1 Å². The maximum atomic E-state index is 5.07. The summed E-state index contributed by atoms with van der Waals surface area (Å²) in [7, 11) is 3.45. The molecule has 0 aliphatic carbocycles. The number of ether oxygens (including phenoxy) is 1. The molecule has 0 saturated carbocycles. The molecule has 0 atom stereocenters. The van der Waals surface area contributed by atoms with Crippen molar-refractivity contribution in [3.8, 4) is 5.88 Å². The lowest BCUT2D eigenvalue weighted by Gasteiger charge is -2.01. The van der Waals surface area contributed by atoms with Gasteiger partial charge in [-0.3, -0.25) is 0 Å². The van der Waals surface area contributed by atoms with Gasteiger partial charge in [-0.2, -0.15) is 0 Å². The molecule has 90 valence electrons. The lowest BCUT2D eigenvalue weighted by atomic mass is 10.4. The summed E-state index contributed by atoms with van der Waals surface area (Å²) in [6, 6.07) is 5.73. The molecular weight excluding hydrogens is 256 g/mol. The molecule has 5 nitrogen and oxygen atoms in total. The first-order valence-electron chi connectivity index (χ1n) is 4.96. The summed E-state index contributed by atoms with van der Waals surface area (Å²) in [4.78, 5) is 4.33. The van der Waals surface area contributed by atoms with E-state index in [9.17, 15) is 0 Å². The molecule has 0 amide bonds. The third-order valence-electron chi connectivity index (χ3n) is 1.95. The first-order valence-corrected chi connectivity index (χ1v) is 6.76. The Kier molecular flexibility index (Phi) is 4.16. The topological polar surface area (TPSA) is 59.9 Å². The van der Waals surface area contributed by atoms with Crippen LogP contribution in [0, 0.1) is 0 Å².